The molecule has 2 rings (SSSR count). The van der Waals surface area contributed by atoms with E-state index in [0.29, 0.717) is 12.0 Å². The van der Waals surface area contributed by atoms with Crippen molar-refractivity contribution in [3.63, 3.8) is 0 Å². The van der Waals surface area contributed by atoms with Crippen LogP contribution in [0.1, 0.15) is 55.3 Å². The van der Waals surface area contributed by atoms with Gasteiger partial charge < -0.3 is 0 Å². The van der Waals surface area contributed by atoms with E-state index in [4.69, 9.17) is 5.84 Å². The minimum atomic E-state index is 0.316. The normalized spacial score (nSPS) is 26.0. The number of aryl methyl sites for hydroxylation is 2. The van der Waals surface area contributed by atoms with E-state index in [1.807, 2.05) is 0 Å². The molecule has 0 radical (unpaired) electrons. The van der Waals surface area contributed by atoms with Crippen molar-refractivity contribution in [1.29, 1.82) is 0 Å². The molecule has 2 nitrogen and oxygen atoms in total. The van der Waals surface area contributed by atoms with Crippen molar-refractivity contribution < 1.29 is 0 Å². The number of hydrazine groups is 1. The first-order chi connectivity index (χ1) is 8.61. The first kappa shape index (κ1) is 13.6. The summed E-state index contributed by atoms with van der Waals surface area (Å²) in [5.41, 5.74) is 7.11. The molecule has 100 valence electrons. The summed E-state index contributed by atoms with van der Waals surface area (Å²) in [6, 6.07) is 7.04. The Labute approximate surface area is 111 Å². The molecule has 2 heteroatoms. The van der Waals surface area contributed by atoms with Gasteiger partial charge in [0.2, 0.25) is 0 Å². The van der Waals surface area contributed by atoms with Gasteiger partial charge in [0.15, 0.2) is 0 Å². The van der Waals surface area contributed by atoms with Crippen LogP contribution in [0.5, 0.6) is 0 Å². The minimum Gasteiger partial charge on any atom is -0.271 e. The van der Waals surface area contributed by atoms with Gasteiger partial charge in [-0.05, 0) is 55.2 Å². The van der Waals surface area contributed by atoms with Gasteiger partial charge in [0.1, 0.15) is 0 Å². The fourth-order valence-corrected chi connectivity index (χ4v) is 3.08. The van der Waals surface area contributed by atoms with Crippen LogP contribution in [-0.2, 0) is 0 Å². The van der Waals surface area contributed by atoms with Gasteiger partial charge >= 0.3 is 0 Å². The molecule has 0 spiro atoms. The Morgan fingerprint density at radius 3 is 2.33 bits per heavy atom. The van der Waals surface area contributed by atoms with E-state index in [0.717, 1.165) is 5.92 Å². The molecule has 1 aliphatic rings. The van der Waals surface area contributed by atoms with Crippen molar-refractivity contribution in [2.24, 2.45) is 17.7 Å². The molecule has 1 fully saturated rings. The lowest BCUT2D eigenvalue weighted by Crippen LogP contribution is -2.35. The van der Waals surface area contributed by atoms with E-state index < -0.39 is 0 Å². The smallest absolute Gasteiger partial charge is 0.0488 e. The number of nitrogens with two attached hydrogens (primary N) is 1. The van der Waals surface area contributed by atoms with Gasteiger partial charge in [-0.25, -0.2) is 0 Å². The van der Waals surface area contributed by atoms with Crippen molar-refractivity contribution >= 4 is 0 Å². The molecule has 3 N–H and O–H groups in total. The predicted octanol–water partition coefficient (Wildman–Crippen LogP) is 3.63. The highest BCUT2D eigenvalue weighted by Gasteiger charge is 2.26. The lowest BCUT2D eigenvalue weighted by Gasteiger charge is -2.32. The molecule has 0 aliphatic heterocycles. The van der Waals surface area contributed by atoms with Crippen LogP contribution in [0.25, 0.3) is 0 Å². The average molecular weight is 246 g/mol. The van der Waals surface area contributed by atoms with Crippen molar-refractivity contribution in [3.05, 3.63) is 34.9 Å². The average Bonchev–Trinajstić information content (AvgIpc) is 2.37. The Hall–Kier alpha value is -0.860. The summed E-state index contributed by atoms with van der Waals surface area (Å²) in [5.74, 6) is 7.39. The monoisotopic (exact) mass is 246 g/mol. The predicted molar refractivity (Wildman–Crippen MR) is 77.1 cm³/mol. The summed E-state index contributed by atoms with van der Waals surface area (Å²) in [6.07, 6.45) is 5.27. The van der Waals surface area contributed by atoms with Crippen molar-refractivity contribution in [3.8, 4) is 0 Å². The Kier molecular flexibility index (Phi) is 4.41. The Bertz CT molecular complexity index is 392. The number of benzene rings is 1. The molecule has 1 aliphatic carbocycles. The zero-order valence-corrected chi connectivity index (χ0v) is 11.9. The number of nitrogens with one attached hydrogen (secondary N) is 1. The summed E-state index contributed by atoms with van der Waals surface area (Å²) in [4.78, 5) is 0. The van der Waals surface area contributed by atoms with Gasteiger partial charge in [0.05, 0.1) is 0 Å². The standard InChI is InChI=1S/C16H26N2/c1-11-4-7-14(8-5-11)16(18-17)15-9-6-12(2)13(3)10-15/h6,9-11,14,16,18H,4-5,7-8,17H2,1-3H3. The number of rotatable bonds is 3. The van der Waals surface area contributed by atoms with Crippen molar-refractivity contribution in [1.82, 2.24) is 5.43 Å². The molecule has 0 aromatic heterocycles. The maximum Gasteiger partial charge on any atom is 0.0488 e. The topological polar surface area (TPSA) is 38.0 Å². The molecule has 1 unspecified atom stereocenters. The third kappa shape index (κ3) is 2.93. The van der Waals surface area contributed by atoms with Crippen LogP contribution in [0.2, 0.25) is 0 Å². The van der Waals surface area contributed by atoms with Gasteiger partial charge in [0.25, 0.3) is 0 Å². The molecule has 0 bridgehead atoms. The molecular weight excluding hydrogens is 220 g/mol. The lowest BCUT2D eigenvalue weighted by atomic mass is 9.77. The first-order valence-corrected chi connectivity index (χ1v) is 7.15. The lowest BCUT2D eigenvalue weighted by molar-refractivity contribution is 0.232. The second-order valence-electron chi connectivity index (χ2n) is 6.01. The summed E-state index contributed by atoms with van der Waals surface area (Å²) in [5, 5.41) is 0. The molecule has 18 heavy (non-hydrogen) atoms. The first-order valence-electron chi connectivity index (χ1n) is 7.15. The minimum absolute atomic E-state index is 0.316. The second kappa shape index (κ2) is 5.85. The van der Waals surface area contributed by atoms with E-state index in [-0.39, 0.29) is 0 Å². The van der Waals surface area contributed by atoms with E-state index in [9.17, 15) is 0 Å². The fourth-order valence-electron chi connectivity index (χ4n) is 3.08. The van der Waals surface area contributed by atoms with Gasteiger partial charge in [0, 0.05) is 6.04 Å². The second-order valence-corrected chi connectivity index (χ2v) is 6.01. The van der Waals surface area contributed by atoms with E-state index in [1.54, 1.807) is 0 Å². The van der Waals surface area contributed by atoms with E-state index in [2.05, 4.69) is 44.4 Å². The Balaban J connectivity index is 2.14. The van der Waals surface area contributed by atoms with Crippen LogP contribution in [0.15, 0.2) is 18.2 Å². The largest absolute Gasteiger partial charge is 0.271 e. The van der Waals surface area contributed by atoms with Crippen LogP contribution >= 0.6 is 0 Å². The molecule has 1 aromatic carbocycles. The summed E-state index contributed by atoms with van der Waals surface area (Å²) < 4.78 is 0. The van der Waals surface area contributed by atoms with Crippen molar-refractivity contribution in [2.75, 3.05) is 0 Å². The van der Waals surface area contributed by atoms with Crippen LogP contribution < -0.4 is 11.3 Å². The van der Waals surface area contributed by atoms with Gasteiger partial charge in [-0.2, -0.15) is 0 Å². The molecule has 0 saturated heterocycles. The van der Waals surface area contributed by atoms with Crippen LogP contribution in [0, 0.1) is 25.7 Å². The Morgan fingerprint density at radius 2 is 1.78 bits per heavy atom. The maximum absolute atomic E-state index is 5.81. The molecule has 0 heterocycles. The molecule has 1 atom stereocenters. The summed E-state index contributed by atoms with van der Waals surface area (Å²) in [7, 11) is 0. The van der Waals surface area contributed by atoms with Crippen LogP contribution in [0.3, 0.4) is 0 Å². The van der Waals surface area contributed by atoms with Crippen LogP contribution in [0.4, 0.5) is 0 Å². The van der Waals surface area contributed by atoms with E-state index >= 15 is 0 Å². The highest BCUT2D eigenvalue weighted by molar-refractivity contribution is 5.32. The maximum atomic E-state index is 5.81. The third-order valence-electron chi connectivity index (χ3n) is 4.60. The molecule has 1 aromatic rings. The van der Waals surface area contributed by atoms with Crippen molar-refractivity contribution in [2.45, 2.75) is 52.5 Å². The zero-order valence-electron chi connectivity index (χ0n) is 11.9. The Morgan fingerprint density at radius 1 is 1.11 bits per heavy atom. The zero-order chi connectivity index (χ0) is 13.1. The highest BCUT2D eigenvalue weighted by atomic mass is 15.2. The third-order valence-corrected chi connectivity index (χ3v) is 4.60. The van der Waals surface area contributed by atoms with Gasteiger partial charge in [-0.3, -0.25) is 11.3 Å². The number of hydrogen-bond donors (Lipinski definition) is 2. The van der Waals surface area contributed by atoms with Crippen LogP contribution in [-0.4, -0.2) is 0 Å². The summed E-state index contributed by atoms with van der Waals surface area (Å²) in [6.45, 7) is 6.69. The molecular formula is C16H26N2. The SMILES string of the molecule is Cc1ccc(C(NN)C2CCC(C)CC2)cc1C. The fraction of sp³-hybridized carbons (Fsp3) is 0.625. The summed E-state index contributed by atoms with van der Waals surface area (Å²) >= 11 is 0. The quantitative estimate of drug-likeness (QED) is 0.631. The number of hydrogen-bond acceptors (Lipinski definition) is 2. The van der Waals surface area contributed by atoms with Gasteiger partial charge in [-0.1, -0.05) is 38.0 Å². The highest BCUT2D eigenvalue weighted by Crippen LogP contribution is 2.36. The molecule has 1 saturated carbocycles. The van der Waals surface area contributed by atoms with Gasteiger partial charge in [-0.15, -0.1) is 0 Å². The molecule has 0 amide bonds. The van der Waals surface area contributed by atoms with E-state index in [1.165, 1.54) is 42.4 Å².